The van der Waals surface area contributed by atoms with E-state index in [1.54, 1.807) is 24.3 Å². The molecule has 3 amide bonds. The van der Waals surface area contributed by atoms with Crippen molar-refractivity contribution in [1.29, 1.82) is 0 Å². The van der Waals surface area contributed by atoms with Crippen molar-refractivity contribution in [2.24, 2.45) is 4.99 Å². The van der Waals surface area contributed by atoms with Crippen LogP contribution in [-0.2, 0) is 14.8 Å². The highest BCUT2D eigenvalue weighted by Crippen LogP contribution is 2.13. The van der Waals surface area contributed by atoms with Crippen molar-refractivity contribution in [2.75, 3.05) is 4.72 Å². The van der Waals surface area contributed by atoms with Gasteiger partial charge in [0.1, 0.15) is 0 Å². The molecule has 1 aliphatic rings. The number of carbonyl (C=O) groups excluding carboxylic acids is 2. The molecule has 2 rings (SSSR count). The van der Waals surface area contributed by atoms with E-state index < -0.39 is 27.2 Å². The van der Waals surface area contributed by atoms with Crippen molar-refractivity contribution in [2.45, 2.75) is 12.2 Å². The van der Waals surface area contributed by atoms with Crippen LogP contribution in [-0.4, -0.2) is 31.8 Å². The van der Waals surface area contributed by atoms with Crippen LogP contribution in [0.25, 0.3) is 0 Å². The Morgan fingerprint density at radius 3 is 2.42 bits per heavy atom. The monoisotopic (exact) mass is 281 g/mol. The smallest absolute Gasteiger partial charge is 0.283 e. The lowest BCUT2D eigenvalue weighted by Crippen LogP contribution is -2.48. The van der Waals surface area contributed by atoms with Crippen LogP contribution in [0.5, 0.6) is 0 Å². The van der Waals surface area contributed by atoms with Crippen LogP contribution in [0.3, 0.4) is 0 Å². The fourth-order valence-electron chi connectivity index (χ4n) is 1.48. The molecule has 100 valence electrons. The Labute approximate surface area is 109 Å². The van der Waals surface area contributed by atoms with E-state index in [4.69, 9.17) is 0 Å². The molecule has 7 nitrogen and oxygen atoms in total. The number of aryl methyl sites for hydroxylation is 1. The van der Waals surface area contributed by atoms with E-state index in [0.29, 0.717) is 5.69 Å². The Kier molecular flexibility index (Phi) is 3.34. The Balaban J connectivity index is 2.23. The zero-order chi connectivity index (χ0) is 14.0. The van der Waals surface area contributed by atoms with Gasteiger partial charge in [-0.25, -0.2) is 18.2 Å². The third-order valence-corrected chi connectivity index (χ3v) is 3.99. The lowest BCUT2D eigenvalue weighted by Gasteiger charge is -2.16. The lowest BCUT2D eigenvalue weighted by atomic mass is 10.2. The number of anilines is 1. The summed E-state index contributed by atoms with van der Waals surface area (Å²) in [5, 5.41) is 0.314. The number of benzene rings is 1. The van der Waals surface area contributed by atoms with Gasteiger partial charge in [0.25, 0.3) is 5.91 Å². The molecule has 1 aliphatic heterocycles. The summed E-state index contributed by atoms with van der Waals surface area (Å²) in [4.78, 5) is 25.5. The van der Waals surface area contributed by atoms with Gasteiger partial charge >= 0.3 is 6.03 Å². The van der Waals surface area contributed by atoms with Gasteiger partial charge in [-0.15, -0.1) is 0 Å². The minimum Gasteiger partial charge on any atom is -0.283 e. The van der Waals surface area contributed by atoms with Crippen LogP contribution in [0.2, 0.25) is 0 Å². The third kappa shape index (κ3) is 2.97. The van der Waals surface area contributed by atoms with Gasteiger partial charge in [-0.2, -0.15) is 0 Å². The molecule has 0 radical (unpaired) electrons. The highest BCUT2D eigenvalue weighted by atomic mass is 32.2. The fraction of sp³-hybridized carbons (Fsp3) is 0.182. The van der Waals surface area contributed by atoms with Crippen LogP contribution in [0.1, 0.15) is 5.56 Å². The molecular weight excluding hydrogens is 270 g/mol. The maximum absolute atomic E-state index is 12.0. The van der Waals surface area contributed by atoms with Crippen molar-refractivity contribution >= 4 is 33.9 Å². The van der Waals surface area contributed by atoms with Gasteiger partial charge < -0.3 is 0 Å². The summed E-state index contributed by atoms with van der Waals surface area (Å²) in [5.74, 6) is -0.917. The van der Waals surface area contributed by atoms with Gasteiger partial charge in [0, 0.05) is 11.9 Å². The zero-order valence-corrected chi connectivity index (χ0v) is 10.8. The van der Waals surface area contributed by atoms with Crippen LogP contribution in [0, 0.1) is 6.92 Å². The lowest BCUT2D eigenvalue weighted by molar-refractivity contribution is -0.118. The molecule has 1 heterocycles. The predicted molar refractivity (Wildman–Crippen MR) is 69.5 cm³/mol. The van der Waals surface area contributed by atoms with Crippen molar-refractivity contribution in [3.05, 3.63) is 29.8 Å². The first-order valence-corrected chi connectivity index (χ1v) is 6.90. The molecular formula is C11H11N3O4S. The van der Waals surface area contributed by atoms with Gasteiger partial charge in [0.05, 0.1) is 0 Å². The zero-order valence-electron chi connectivity index (χ0n) is 9.95. The SMILES string of the molecule is Cc1ccc(NS(=O)(=O)C2C=NC(=O)NC2=O)cc1. The summed E-state index contributed by atoms with van der Waals surface area (Å²) >= 11 is 0. The first-order valence-electron chi connectivity index (χ1n) is 5.36. The normalized spacial score (nSPS) is 19.1. The standard InChI is InChI=1S/C11H11N3O4S/c1-7-2-4-8(5-3-7)14-19(17,18)9-6-12-11(16)13-10(9)15/h2-6,9,14H,1H3,(H,13,15,16). The highest BCUT2D eigenvalue weighted by molar-refractivity contribution is 7.94. The number of aliphatic imine (C=N–C) groups is 1. The number of nitrogens with zero attached hydrogens (tertiary/aromatic N) is 1. The van der Waals surface area contributed by atoms with E-state index in [1.165, 1.54) is 0 Å². The van der Waals surface area contributed by atoms with E-state index in [0.717, 1.165) is 11.8 Å². The summed E-state index contributed by atoms with van der Waals surface area (Å²) in [6.45, 7) is 1.87. The van der Waals surface area contributed by atoms with E-state index >= 15 is 0 Å². The average Bonchev–Trinajstić information content (AvgIpc) is 2.31. The first-order chi connectivity index (χ1) is 8.88. The number of nitrogens with one attached hydrogen (secondary N) is 2. The number of carbonyl (C=O) groups is 2. The minimum atomic E-state index is -3.99. The van der Waals surface area contributed by atoms with Gasteiger partial charge in [-0.3, -0.25) is 14.8 Å². The van der Waals surface area contributed by atoms with Crippen molar-refractivity contribution < 1.29 is 18.0 Å². The van der Waals surface area contributed by atoms with Crippen molar-refractivity contribution in [3.63, 3.8) is 0 Å². The minimum absolute atomic E-state index is 0.337. The first kappa shape index (κ1) is 13.2. The molecule has 0 aromatic heterocycles. The number of urea groups is 1. The second-order valence-electron chi connectivity index (χ2n) is 4.01. The van der Waals surface area contributed by atoms with Gasteiger partial charge in [0.15, 0.2) is 5.25 Å². The second kappa shape index (κ2) is 4.81. The van der Waals surface area contributed by atoms with E-state index in [2.05, 4.69) is 9.71 Å². The van der Waals surface area contributed by atoms with Crippen LogP contribution in [0.15, 0.2) is 29.3 Å². The molecule has 0 saturated heterocycles. The Morgan fingerprint density at radius 1 is 1.21 bits per heavy atom. The molecule has 1 aromatic rings. The highest BCUT2D eigenvalue weighted by Gasteiger charge is 2.35. The predicted octanol–water partition coefficient (Wildman–Crippen LogP) is 0.426. The molecule has 0 aliphatic carbocycles. The molecule has 1 atom stereocenters. The molecule has 8 heteroatoms. The quantitative estimate of drug-likeness (QED) is 0.837. The third-order valence-electron chi connectivity index (χ3n) is 2.46. The number of sulfonamides is 1. The van der Waals surface area contributed by atoms with Gasteiger partial charge in [-0.05, 0) is 19.1 Å². The van der Waals surface area contributed by atoms with E-state index in [-0.39, 0.29) is 0 Å². The molecule has 0 saturated carbocycles. The Morgan fingerprint density at radius 2 is 1.84 bits per heavy atom. The van der Waals surface area contributed by atoms with E-state index in [9.17, 15) is 18.0 Å². The molecule has 1 unspecified atom stereocenters. The molecule has 1 aromatic carbocycles. The number of hydrogen-bond donors (Lipinski definition) is 2. The molecule has 0 fully saturated rings. The number of amides is 3. The largest absolute Gasteiger partial charge is 0.347 e. The topological polar surface area (TPSA) is 105 Å². The molecule has 0 bridgehead atoms. The number of imide groups is 1. The van der Waals surface area contributed by atoms with Gasteiger partial charge in [0.2, 0.25) is 10.0 Å². The van der Waals surface area contributed by atoms with Crippen LogP contribution < -0.4 is 10.0 Å². The molecule has 2 N–H and O–H groups in total. The molecule has 19 heavy (non-hydrogen) atoms. The summed E-state index contributed by atoms with van der Waals surface area (Å²) in [7, 11) is -3.99. The van der Waals surface area contributed by atoms with Crippen LogP contribution in [0.4, 0.5) is 10.5 Å². The average molecular weight is 281 g/mol. The Hall–Kier alpha value is -2.22. The van der Waals surface area contributed by atoms with Crippen molar-refractivity contribution in [3.8, 4) is 0 Å². The van der Waals surface area contributed by atoms with Gasteiger partial charge in [-0.1, -0.05) is 17.7 Å². The maximum atomic E-state index is 12.0. The second-order valence-corrected chi connectivity index (χ2v) is 5.81. The van der Waals surface area contributed by atoms with Crippen LogP contribution >= 0.6 is 0 Å². The summed E-state index contributed by atoms with van der Waals surface area (Å²) in [6.07, 6.45) is 0.817. The van der Waals surface area contributed by atoms with E-state index in [1.807, 2.05) is 12.2 Å². The molecule has 0 spiro atoms. The summed E-state index contributed by atoms with van der Waals surface area (Å²) in [6, 6.07) is 5.75. The maximum Gasteiger partial charge on any atom is 0.347 e. The summed E-state index contributed by atoms with van der Waals surface area (Å²) in [5.41, 5.74) is 1.31. The number of rotatable bonds is 3. The Bertz CT molecular complexity index is 649. The fourth-order valence-corrected chi connectivity index (χ4v) is 2.64. The summed E-state index contributed by atoms with van der Waals surface area (Å²) < 4.78 is 26.2. The van der Waals surface area contributed by atoms with Crippen molar-refractivity contribution in [1.82, 2.24) is 5.32 Å². The number of hydrogen-bond acceptors (Lipinski definition) is 4.